The van der Waals surface area contributed by atoms with Crippen molar-refractivity contribution in [1.29, 1.82) is 0 Å². The lowest BCUT2D eigenvalue weighted by Crippen LogP contribution is -2.20. The van der Waals surface area contributed by atoms with E-state index in [2.05, 4.69) is 26.1 Å². The molecule has 29 heavy (non-hydrogen) atoms. The maximum absolute atomic E-state index is 12.1. The lowest BCUT2D eigenvalue weighted by atomic mass is 9.98. The molecule has 2 aromatic carbocycles. The SMILES string of the molecule is CCCCCOC(=O)c1ccc(NC(=O)COc2ccc(C(C)C)c(C)c2)cc1. The van der Waals surface area contributed by atoms with Crippen molar-refractivity contribution in [2.75, 3.05) is 18.5 Å². The Morgan fingerprint density at radius 1 is 1.03 bits per heavy atom. The largest absolute Gasteiger partial charge is 0.484 e. The molecule has 0 atom stereocenters. The first kappa shape index (κ1) is 22.5. The van der Waals surface area contributed by atoms with Crippen LogP contribution in [0.25, 0.3) is 0 Å². The van der Waals surface area contributed by atoms with Crippen LogP contribution in [0.3, 0.4) is 0 Å². The molecule has 0 spiro atoms. The first-order chi connectivity index (χ1) is 13.9. The summed E-state index contributed by atoms with van der Waals surface area (Å²) in [6, 6.07) is 12.5. The van der Waals surface area contributed by atoms with Crippen molar-refractivity contribution in [2.24, 2.45) is 0 Å². The van der Waals surface area contributed by atoms with E-state index in [0.717, 1.165) is 24.8 Å². The van der Waals surface area contributed by atoms with E-state index in [1.807, 2.05) is 25.1 Å². The number of unbranched alkanes of at least 4 members (excludes halogenated alkanes) is 2. The van der Waals surface area contributed by atoms with Crippen LogP contribution >= 0.6 is 0 Å². The number of esters is 1. The second-order valence-corrected chi connectivity index (χ2v) is 7.43. The summed E-state index contributed by atoms with van der Waals surface area (Å²) in [6.45, 7) is 8.78. The Hall–Kier alpha value is -2.82. The number of anilines is 1. The predicted molar refractivity (Wildman–Crippen MR) is 116 cm³/mol. The Labute approximate surface area is 173 Å². The van der Waals surface area contributed by atoms with E-state index in [0.29, 0.717) is 29.5 Å². The van der Waals surface area contributed by atoms with E-state index in [1.165, 1.54) is 5.56 Å². The topological polar surface area (TPSA) is 64.6 Å². The second kappa shape index (κ2) is 11.2. The summed E-state index contributed by atoms with van der Waals surface area (Å²) in [5, 5.41) is 2.77. The fourth-order valence-electron chi connectivity index (χ4n) is 3.02. The van der Waals surface area contributed by atoms with Crippen LogP contribution in [-0.2, 0) is 9.53 Å². The monoisotopic (exact) mass is 397 g/mol. The molecular formula is C24H31NO4. The molecule has 0 bridgehead atoms. The van der Waals surface area contributed by atoms with E-state index in [4.69, 9.17) is 9.47 Å². The molecule has 0 aliphatic heterocycles. The number of benzene rings is 2. The number of ether oxygens (including phenoxy) is 2. The van der Waals surface area contributed by atoms with Gasteiger partial charge in [0.1, 0.15) is 5.75 Å². The zero-order valence-corrected chi connectivity index (χ0v) is 17.8. The summed E-state index contributed by atoms with van der Waals surface area (Å²) in [7, 11) is 0. The number of carbonyl (C=O) groups is 2. The van der Waals surface area contributed by atoms with Gasteiger partial charge in [0.05, 0.1) is 12.2 Å². The molecule has 5 nitrogen and oxygen atoms in total. The van der Waals surface area contributed by atoms with Gasteiger partial charge in [-0.3, -0.25) is 4.79 Å². The lowest BCUT2D eigenvalue weighted by Gasteiger charge is -2.12. The quantitative estimate of drug-likeness (QED) is 0.426. The average molecular weight is 398 g/mol. The summed E-state index contributed by atoms with van der Waals surface area (Å²) in [6.07, 6.45) is 3.00. The first-order valence-electron chi connectivity index (χ1n) is 10.2. The van der Waals surface area contributed by atoms with Crippen LogP contribution in [-0.4, -0.2) is 25.1 Å². The minimum Gasteiger partial charge on any atom is -0.484 e. The third-order valence-corrected chi connectivity index (χ3v) is 4.62. The maximum atomic E-state index is 12.1. The number of amides is 1. The molecule has 0 aromatic heterocycles. The molecule has 0 unspecified atom stereocenters. The molecule has 1 amide bonds. The molecular weight excluding hydrogens is 366 g/mol. The summed E-state index contributed by atoms with van der Waals surface area (Å²) in [4.78, 5) is 24.1. The van der Waals surface area contributed by atoms with Crippen molar-refractivity contribution < 1.29 is 19.1 Å². The number of hydrogen-bond acceptors (Lipinski definition) is 4. The standard InChI is InChI=1S/C24H31NO4/c1-5-6-7-14-28-24(27)19-8-10-20(11-9-19)25-23(26)16-29-21-12-13-22(17(2)3)18(4)15-21/h8-13,15,17H,5-7,14,16H2,1-4H3,(H,25,26). The predicted octanol–water partition coefficient (Wildman–Crippen LogP) is 5.48. The Bertz CT molecular complexity index is 812. The highest BCUT2D eigenvalue weighted by atomic mass is 16.5. The van der Waals surface area contributed by atoms with Crippen molar-refractivity contribution in [3.05, 3.63) is 59.2 Å². The van der Waals surface area contributed by atoms with Gasteiger partial charge in [0.15, 0.2) is 6.61 Å². The van der Waals surface area contributed by atoms with Gasteiger partial charge in [-0.15, -0.1) is 0 Å². The number of carbonyl (C=O) groups excluding carboxylic acids is 2. The molecule has 0 fully saturated rings. The van der Waals surface area contributed by atoms with Gasteiger partial charge in [0.2, 0.25) is 0 Å². The highest BCUT2D eigenvalue weighted by Gasteiger charge is 2.09. The van der Waals surface area contributed by atoms with Gasteiger partial charge < -0.3 is 14.8 Å². The molecule has 0 aliphatic carbocycles. The molecule has 0 radical (unpaired) electrons. The van der Waals surface area contributed by atoms with Gasteiger partial charge >= 0.3 is 5.97 Å². The van der Waals surface area contributed by atoms with Gasteiger partial charge in [-0.25, -0.2) is 4.79 Å². The summed E-state index contributed by atoms with van der Waals surface area (Å²) in [5.41, 5.74) is 3.49. The van der Waals surface area contributed by atoms with Crippen LogP contribution in [0.1, 0.15) is 67.4 Å². The molecule has 2 aromatic rings. The van der Waals surface area contributed by atoms with Gasteiger partial charge in [-0.2, -0.15) is 0 Å². The van der Waals surface area contributed by atoms with Crippen molar-refractivity contribution in [3.63, 3.8) is 0 Å². The molecule has 0 saturated heterocycles. The normalized spacial score (nSPS) is 10.7. The first-order valence-corrected chi connectivity index (χ1v) is 10.2. The Morgan fingerprint density at radius 2 is 1.76 bits per heavy atom. The lowest BCUT2D eigenvalue weighted by molar-refractivity contribution is -0.118. The van der Waals surface area contributed by atoms with Crippen LogP contribution in [0.5, 0.6) is 5.75 Å². The van der Waals surface area contributed by atoms with Gasteiger partial charge in [-0.1, -0.05) is 39.7 Å². The Morgan fingerprint density at radius 3 is 2.38 bits per heavy atom. The second-order valence-electron chi connectivity index (χ2n) is 7.43. The Kier molecular flexibility index (Phi) is 8.71. The molecule has 0 heterocycles. The smallest absolute Gasteiger partial charge is 0.338 e. The summed E-state index contributed by atoms with van der Waals surface area (Å²) in [5.74, 6) is 0.514. The zero-order chi connectivity index (χ0) is 21.2. The highest BCUT2D eigenvalue weighted by Crippen LogP contribution is 2.23. The van der Waals surface area contributed by atoms with Crippen molar-refractivity contribution >= 4 is 17.6 Å². The molecule has 156 valence electrons. The third-order valence-electron chi connectivity index (χ3n) is 4.62. The van der Waals surface area contributed by atoms with E-state index < -0.39 is 0 Å². The third kappa shape index (κ3) is 7.26. The van der Waals surface area contributed by atoms with E-state index >= 15 is 0 Å². The van der Waals surface area contributed by atoms with Gasteiger partial charge in [0, 0.05) is 5.69 Å². The zero-order valence-electron chi connectivity index (χ0n) is 17.8. The summed E-state index contributed by atoms with van der Waals surface area (Å²) < 4.78 is 10.8. The molecule has 2 rings (SSSR count). The summed E-state index contributed by atoms with van der Waals surface area (Å²) >= 11 is 0. The van der Waals surface area contributed by atoms with Crippen molar-refractivity contribution in [1.82, 2.24) is 0 Å². The van der Waals surface area contributed by atoms with E-state index in [9.17, 15) is 9.59 Å². The van der Waals surface area contributed by atoms with Crippen LogP contribution in [0.2, 0.25) is 0 Å². The molecule has 0 saturated carbocycles. The number of hydrogen-bond donors (Lipinski definition) is 1. The minimum absolute atomic E-state index is 0.0817. The van der Waals surface area contributed by atoms with Crippen LogP contribution in [0.4, 0.5) is 5.69 Å². The van der Waals surface area contributed by atoms with Crippen molar-refractivity contribution in [3.8, 4) is 5.75 Å². The molecule has 1 N–H and O–H groups in total. The highest BCUT2D eigenvalue weighted by molar-refractivity contribution is 5.93. The minimum atomic E-state index is -0.345. The van der Waals surface area contributed by atoms with E-state index in [-0.39, 0.29) is 18.5 Å². The number of aryl methyl sites for hydroxylation is 1. The van der Waals surface area contributed by atoms with Crippen molar-refractivity contribution in [2.45, 2.75) is 52.9 Å². The number of nitrogens with one attached hydrogen (secondary N) is 1. The average Bonchev–Trinajstić information content (AvgIpc) is 2.70. The van der Waals surface area contributed by atoms with Crippen LogP contribution in [0.15, 0.2) is 42.5 Å². The van der Waals surface area contributed by atoms with Gasteiger partial charge in [0.25, 0.3) is 5.91 Å². The Balaban J connectivity index is 1.81. The fraction of sp³-hybridized carbons (Fsp3) is 0.417. The maximum Gasteiger partial charge on any atom is 0.338 e. The number of rotatable bonds is 10. The molecule has 5 heteroatoms. The van der Waals surface area contributed by atoms with Crippen LogP contribution in [0, 0.1) is 6.92 Å². The van der Waals surface area contributed by atoms with Gasteiger partial charge in [-0.05, 0) is 66.8 Å². The van der Waals surface area contributed by atoms with Crippen LogP contribution < -0.4 is 10.1 Å². The van der Waals surface area contributed by atoms with E-state index in [1.54, 1.807) is 24.3 Å². The fourth-order valence-corrected chi connectivity index (χ4v) is 3.02. The molecule has 0 aliphatic rings.